The van der Waals surface area contributed by atoms with Gasteiger partial charge in [0.15, 0.2) is 0 Å². The van der Waals surface area contributed by atoms with Gasteiger partial charge in [0.2, 0.25) is 0 Å². The number of carbonyl (C=O) groups excluding carboxylic acids is 1. The van der Waals surface area contributed by atoms with Crippen molar-refractivity contribution in [1.82, 2.24) is 14.9 Å². The molecule has 1 saturated carbocycles. The summed E-state index contributed by atoms with van der Waals surface area (Å²) in [4.78, 5) is 22.6. The van der Waals surface area contributed by atoms with Crippen LogP contribution in [0.1, 0.15) is 56.6 Å². The third kappa shape index (κ3) is 3.52. The molecule has 1 amide bonds. The molecule has 1 N–H and O–H groups in total. The third-order valence-corrected chi connectivity index (χ3v) is 7.90. The lowest BCUT2D eigenvalue weighted by Crippen LogP contribution is -2.37. The zero-order valence-electron chi connectivity index (χ0n) is 20.3. The number of likely N-dealkylation sites (tertiary alicyclic amines) is 1. The van der Waals surface area contributed by atoms with Crippen LogP contribution in [0.15, 0.2) is 59.2 Å². The standard InChI is InChI=1S/C28H26BrF2N3O2/c1-15-23(34(14-27(15)9-10-27)25(35)36-26(2,3)4)24-32-13-22(33-24)16-5-7-18-19-8-6-17(29)12-21(19)28(30,31)20(18)11-16/h5-8,11-13,23H,1,9-10,14H2,2-4H3,(H,32,33)/t23-/m0/s1. The number of imidazole rings is 1. The number of amides is 1. The van der Waals surface area contributed by atoms with Gasteiger partial charge < -0.3 is 9.72 Å². The minimum absolute atomic E-state index is 0.000636. The van der Waals surface area contributed by atoms with Crippen LogP contribution in [-0.2, 0) is 10.7 Å². The number of benzene rings is 2. The van der Waals surface area contributed by atoms with Gasteiger partial charge in [0.1, 0.15) is 17.5 Å². The van der Waals surface area contributed by atoms with Gasteiger partial charge in [0.25, 0.3) is 5.92 Å². The van der Waals surface area contributed by atoms with E-state index in [1.54, 1.807) is 29.3 Å². The van der Waals surface area contributed by atoms with E-state index in [1.807, 2.05) is 26.8 Å². The summed E-state index contributed by atoms with van der Waals surface area (Å²) in [7, 11) is 0. The number of hydrogen-bond acceptors (Lipinski definition) is 3. The lowest BCUT2D eigenvalue weighted by atomic mass is 9.96. The van der Waals surface area contributed by atoms with Crippen molar-refractivity contribution in [2.75, 3.05) is 6.54 Å². The second-order valence-electron chi connectivity index (χ2n) is 11.0. The second kappa shape index (κ2) is 7.51. The second-order valence-corrected chi connectivity index (χ2v) is 11.9. The van der Waals surface area contributed by atoms with Crippen molar-refractivity contribution in [3.63, 3.8) is 0 Å². The van der Waals surface area contributed by atoms with Crippen LogP contribution in [0.4, 0.5) is 13.6 Å². The van der Waals surface area contributed by atoms with Gasteiger partial charge >= 0.3 is 6.09 Å². The van der Waals surface area contributed by atoms with E-state index in [0.29, 0.717) is 39.2 Å². The average molecular weight is 554 g/mol. The van der Waals surface area contributed by atoms with Crippen LogP contribution in [0.25, 0.3) is 22.4 Å². The highest BCUT2D eigenvalue weighted by atomic mass is 79.9. The molecule has 8 heteroatoms. The first-order chi connectivity index (χ1) is 16.9. The van der Waals surface area contributed by atoms with Crippen LogP contribution in [0.2, 0.25) is 0 Å². The van der Waals surface area contributed by atoms with Crippen molar-refractivity contribution in [2.24, 2.45) is 5.41 Å². The fourth-order valence-corrected chi connectivity index (χ4v) is 5.78. The summed E-state index contributed by atoms with van der Waals surface area (Å²) in [6.45, 7) is 10.4. The smallest absolute Gasteiger partial charge is 0.411 e. The Morgan fingerprint density at radius 2 is 1.83 bits per heavy atom. The number of nitrogens with zero attached hydrogens (tertiary/aromatic N) is 2. The largest absolute Gasteiger partial charge is 0.444 e. The third-order valence-electron chi connectivity index (χ3n) is 7.41. The fourth-order valence-electron chi connectivity index (χ4n) is 5.42. The SMILES string of the molecule is C=C1[C@@H](c2ncc(-c3ccc4c(c3)C(F)(F)c3cc(Br)ccc3-4)[nH]2)N(C(=O)OC(C)(C)C)CC12CC2. The zero-order valence-corrected chi connectivity index (χ0v) is 21.9. The number of aromatic nitrogens is 2. The number of carbonyl (C=O) groups is 1. The number of hydrogen-bond donors (Lipinski definition) is 1. The molecule has 1 saturated heterocycles. The molecule has 2 heterocycles. The van der Waals surface area contributed by atoms with Crippen molar-refractivity contribution in [3.8, 4) is 22.4 Å². The molecule has 2 aliphatic carbocycles. The quantitative estimate of drug-likeness (QED) is 0.332. The fraction of sp³-hybridized carbons (Fsp3) is 0.357. The van der Waals surface area contributed by atoms with E-state index in [2.05, 4.69) is 32.5 Å². The molecule has 5 nitrogen and oxygen atoms in total. The van der Waals surface area contributed by atoms with Crippen LogP contribution >= 0.6 is 15.9 Å². The van der Waals surface area contributed by atoms with Crippen molar-refractivity contribution in [1.29, 1.82) is 0 Å². The number of nitrogens with one attached hydrogen (secondary N) is 1. The van der Waals surface area contributed by atoms with E-state index in [-0.39, 0.29) is 16.5 Å². The molecule has 1 spiro atoms. The molecule has 1 aromatic heterocycles. The molecular weight excluding hydrogens is 528 g/mol. The summed E-state index contributed by atoms with van der Waals surface area (Å²) in [5.41, 5.74) is 2.48. The first-order valence-corrected chi connectivity index (χ1v) is 12.8. The number of aromatic amines is 1. The van der Waals surface area contributed by atoms with E-state index < -0.39 is 23.7 Å². The van der Waals surface area contributed by atoms with Crippen LogP contribution in [0.5, 0.6) is 0 Å². The Morgan fingerprint density at radius 1 is 1.17 bits per heavy atom. The Balaban J connectivity index is 1.35. The predicted octanol–water partition coefficient (Wildman–Crippen LogP) is 7.59. The number of fused-ring (bicyclic) bond motifs is 3. The summed E-state index contributed by atoms with van der Waals surface area (Å²) in [5, 5.41) is 0. The van der Waals surface area contributed by atoms with Crippen molar-refractivity contribution in [3.05, 3.63) is 76.2 Å². The maximum atomic E-state index is 15.4. The highest BCUT2D eigenvalue weighted by Gasteiger charge is 2.58. The summed E-state index contributed by atoms with van der Waals surface area (Å²) in [5.74, 6) is -2.54. The molecule has 1 aliphatic heterocycles. The molecule has 1 atom stereocenters. The zero-order chi connectivity index (χ0) is 25.6. The highest BCUT2D eigenvalue weighted by Crippen LogP contribution is 2.61. The molecule has 0 unspecified atom stereocenters. The van der Waals surface area contributed by atoms with Crippen molar-refractivity contribution >= 4 is 22.0 Å². The van der Waals surface area contributed by atoms with E-state index >= 15 is 8.78 Å². The normalized spacial score (nSPS) is 21.0. The van der Waals surface area contributed by atoms with Gasteiger partial charge in [-0.2, -0.15) is 8.78 Å². The minimum atomic E-state index is -3.10. The molecule has 0 radical (unpaired) electrons. The molecular formula is C28H26BrF2N3O2. The van der Waals surface area contributed by atoms with E-state index in [1.165, 1.54) is 12.1 Å². The lowest BCUT2D eigenvalue weighted by Gasteiger charge is -2.27. The Bertz CT molecular complexity index is 1430. The summed E-state index contributed by atoms with van der Waals surface area (Å²) in [6.07, 6.45) is 3.18. The molecule has 6 rings (SSSR count). The van der Waals surface area contributed by atoms with Gasteiger partial charge in [-0.1, -0.05) is 40.7 Å². The number of H-pyrrole nitrogens is 1. The van der Waals surface area contributed by atoms with E-state index in [0.717, 1.165) is 18.4 Å². The molecule has 36 heavy (non-hydrogen) atoms. The predicted molar refractivity (Wildman–Crippen MR) is 137 cm³/mol. The molecule has 0 bridgehead atoms. The van der Waals surface area contributed by atoms with Gasteiger partial charge in [-0.3, -0.25) is 4.90 Å². The van der Waals surface area contributed by atoms with Crippen molar-refractivity contribution in [2.45, 2.75) is 51.2 Å². The lowest BCUT2D eigenvalue weighted by molar-refractivity contribution is 0.0220. The number of rotatable bonds is 2. The molecule has 3 aliphatic rings. The molecule has 186 valence electrons. The highest BCUT2D eigenvalue weighted by molar-refractivity contribution is 9.10. The minimum Gasteiger partial charge on any atom is -0.444 e. The monoisotopic (exact) mass is 553 g/mol. The van der Waals surface area contributed by atoms with Gasteiger partial charge in [-0.05, 0) is 68.5 Å². The first kappa shape index (κ1) is 23.4. The van der Waals surface area contributed by atoms with E-state index in [4.69, 9.17) is 4.74 Å². The average Bonchev–Trinajstić information content (AvgIpc) is 3.23. The Morgan fingerprint density at radius 3 is 2.50 bits per heavy atom. The summed E-state index contributed by atoms with van der Waals surface area (Å²) < 4.78 is 37.0. The topological polar surface area (TPSA) is 58.2 Å². The molecule has 2 aromatic carbocycles. The summed E-state index contributed by atoms with van der Waals surface area (Å²) in [6, 6.07) is 9.61. The first-order valence-electron chi connectivity index (χ1n) is 12.0. The van der Waals surface area contributed by atoms with Crippen LogP contribution in [-0.4, -0.2) is 33.1 Å². The van der Waals surface area contributed by atoms with Crippen molar-refractivity contribution < 1.29 is 18.3 Å². The van der Waals surface area contributed by atoms with Gasteiger partial charge in [0.05, 0.1) is 11.9 Å². The van der Waals surface area contributed by atoms with Crippen LogP contribution in [0.3, 0.4) is 0 Å². The van der Waals surface area contributed by atoms with E-state index in [9.17, 15) is 4.79 Å². The maximum absolute atomic E-state index is 15.4. The van der Waals surface area contributed by atoms with Gasteiger partial charge in [-0.25, -0.2) is 9.78 Å². The summed E-state index contributed by atoms with van der Waals surface area (Å²) >= 11 is 3.30. The van der Waals surface area contributed by atoms with Gasteiger partial charge in [-0.15, -0.1) is 0 Å². The van der Waals surface area contributed by atoms with Gasteiger partial charge in [0, 0.05) is 33.1 Å². The molecule has 3 aromatic rings. The number of ether oxygens (including phenoxy) is 1. The Labute approximate surface area is 216 Å². The van der Waals surface area contributed by atoms with Crippen LogP contribution in [0, 0.1) is 5.41 Å². The molecule has 2 fully saturated rings. The number of alkyl halides is 2. The number of halogens is 3. The Kier molecular flexibility index (Phi) is 4.88. The maximum Gasteiger partial charge on any atom is 0.411 e. The Hall–Kier alpha value is -3.00. The van der Waals surface area contributed by atoms with Crippen LogP contribution < -0.4 is 0 Å².